The van der Waals surface area contributed by atoms with Gasteiger partial charge in [-0.1, -0.05) is 6.07 Å². The third kappa shape index (κ3) is 3.62. The Hall–Kier alpha value is -1.78. The van der Waals surface area contributed by atoms with Crippen LogP contribution in [0.2, 0.25) is 0 Å². The maximum atomic E-state index is 12.1. The molecule has 1 aliphatic rings. The fourth-order valence-corrected chi connectivity index (χ4v) is 2.47. The SMILES string of the molecule is CC(C)(C)OC(=O)N1CCCC(c2cccc[n+]2[O-])C1. The number of hydrogen-bond acceptors (Lipinski definition) is 3. The van der Waals surface area contributed by atoms with Crippen molar-refractivity contribution >= 4 is 6.09 Å². The van der Waals surface area contributed by atoms with E-state index in [1.165, 1.54) is 6.20 Å². The van der Waals surface area contributed by atoms with Crippen LogP contribution in [0.15, 0.2) is 24.4 Å². The van der Waals surface area contributed by atoms with Gasteiger partial charge in [0.25, 0.3) is 0 Å². The smallest absolute Gasteiger partial charge is 0.410 e. The van der Waals surface area contributed by atoms with Crippen molar-refractivity contribution in [1.82, 2.24) is 4.90 Å². The highest BCUT2D eigenvalue weighted by Gasteiger charge is 2.31. The first kappa shape index (κ1) is 14.6. The minimum Gasteiger partial charge on any atom is -0.618 e. The van der Waals surface area contributed by atoms with Gasteiger partial charge in [-0.15, -0.1) is 0 Å². The molecule has 1 unspecified atom stereocenters. The van der Waals surface area contributed by atoms with E-state index in [0.717, 1.165) is 23.3 Å². The highest BCUT2D eigenvalue weighted by atomic mass is 16.6. The summed E-state index contributed by atoms with van der Waals surface area (Å²) in [6.07, 6.45) is 3.02. The number of piperidine rings is 1. The Morgan fingerprint density at radius 1 is 1.45 bits per heavy atom. The zero-order chi connectivity index (χ0) is 14.8. The first-order chi connectivity index (χ1) is 9.37. The topological polar surface area (TPSA) is 56.5 Å². The predicted molar refractivity (Wildman–Crippen MR) is 75.2 cm³/mol. The molecule has 0 radical (unpaired) electrons. The zero-order valence-corrected chi connectivity index (χ0v) is 12.3. The molecule has 1 fully saturated rings. The largest absolute Gasteiger partial charge is 0.618 e. The number of rotatable bonds is 1. The number of ether oxygens (including phenoxy) is 1. The van der Waals surface area contributed by atoms with Crippen LogP contribution in [0.5, 0.6) is 0 Å². The third-order valence-electron chi connectivity index (χ3n) is 3.35. The zero-order valence-electron chi connectivity index (χ0n) is 12.3. The van der Waals surface area contributed by atoms with E-state index in [-0.39, 0.29) is 12.0 Å². The minimum atomic E-state index is -0.491. The molecule has 0 aromatic carbocycles. The molecule has 1 atom stereocenters. The van der Waals surface area contributed by atoms with Crippen LogP contribution in [0.1, 0.15) is 45.2 Å². The maximum Gasteiger partial charge on any atom is 0.410 e. The Balaban J connectivity index is 2.06. The predicted octanol–water partition coefficient (Wildman–Crippen LogP) is 2.43. The van der Waals surface area contributed by atoms with Crippen LogP contribution in [0.25, 0.3) is 0 Å². The Morgan fingerprint density at radius 2 is 2.20 bits per heavy atom. The molecule has 1 aliphatic heterocycles. The van der Waals surface area contributed by atoms with E-state index in [4.69, 9.17) is 4.74 Å². The summed E-state index contributed by atoms with van der Waals surface area (Å²) in [5.41, 5.74) is 0.232. The number of likely N-dealkylation sites (tertiary alicyclic amines) is 1. The number of aromatic nitrogens is 1. The van der Waals surface area contributed by atoms with E-state index in [0.29, 0.717) is 13.1 Å². The lowest BCUT2D eigenvalue weighted by Gasteiger charge is -2.33. The van der Waals surface area contributed by atoms with E-state index >= 15 is 0 Å². The highest BCUT2D eigenvalue weighted by Crippen LogP contribution is 2.25. The van der Waals surface area contributed by atoms with Crippen molar-refractivity contribution in [1.29, 1.82) is 0 Å². The number of carbonyl (C=O) groups excluding carboxylic acids is 1. The van der Waals surface area contributed by atoms with E-state index in [1.54, 1.807) is 11.0 Å². The van der Waals surface area contributed by atoms with Crippen LogP contribution in [0, 0.1) is 5.21 Å². The van der Waals surface area contributed by atoms with Gasteiger partial charge in [-0.3, -0.25) is 0 Å². The van der Waals surface area contributed by atoms with Crippen LogP contribution < -0.4 is 4.73 Å². The number of pyridine rings is 1. The Labute approximate surface area is 119 Å². The molecule has 2 rings (SSSR count). The van der Waals surface area contributed by atoms with Crippen molar-refractivity contribution in [2.75, 3.05) is 13.1 Å². The Morgan fingerprint density at radius 3 is 2.85 bits per heavy atom. The van der Waals surface area contributed by atoms with Gasteiger partial charge in [0.05, 0.1) is 5.92 Å². The summed E-state index contributed by atoms with van der Waals surface area (Å²) in [5.74, 6) is 0.0787. The standard InChI is InChI=1S/C15H22N2O3/c1-15(2,3)20-14(18)16-9-6-7-12(11-16)13-8-4-5-10-17(13)19/h4-5,8,10,12H,6-7,9,11H2,1-3H3. The lowest BCUT2D eigenvalue weighted by atomic mass is 9.94. The van der Waals surface area contributed by atoms with Gasteiger partial charge >= 0.3 is 6.09 Å². The summed E-state index contributed by atoms with van der Waals surface area (Å²) in [6.45, 7) is 6.80. The molecule has 0 spiro atoms. The molecule has 1 saturated heterocycles. The average molecular weight is 278 g/mol. The monoisotopic (exact) mass is 278 g/mol. The van der Waals surface area contributed by atoms with Crippen molar-refractivity contribution in [3.8, 4) is 0 Å². The van der Waals surface area contributed by atoms with Crippen molar-refractivity contribution < 1.29 is 14.3 Å². The van der Waals surface area contributed by atoms with Crippen LogP contribution in [0.4, 0.5) is 4.79 Å². The van der Waals surface area contributed by atoms with Gasteiger partial charge in [0, 0.05) is 25.2 Å². The third-order valence-corrected chi connectivity index (χ3v) is 3.35. The lowest BCUT2D eigenvalue weighted by Crippen LogP contribution is -2.44. The van der Waals surface area contributed by atoms with Crippen LogP contribution in [-0.2, 0) is 4.74 Å². The van der Waals surface area contributed by atoms with Gasteiger partial charge in [-0.05, 0) is 33.6 Å². The van der Waals surface area contributed by atoms with E-state index in [1.807, 2.05) is 32.9 Å². The molecule has 5 nitrogen and oxygen atoms in total. The molecule has 5 heteroatoms. The lowest BCUT2D eigenvalue weighted by molar-refractivity contribution is -0.615. The fraction of sp³-hybridized carbons (Fsp3) is 0.600. The second-order valence-electron chi connectivity index (χ2n) is 6.22. The summed E-state index contributed by atoms with van der Waals surface area (Å²) in [7, 11) is 0. The normalized spacial score (nSPS) is 19.8. The van der Waals surface area contributed by atoms with Crippen LogP contribution in [-0.4, -0.2) is 29.7 Å². The molecule has 0 N–H and O–H groups in total. The molecular formula is C15H22N2O3. The second kappa shape index (κ2) is 5.69. The van der Waals surface area contributed by atoms with Gasteiger partial charge in [0.1, 0.15) is 5.60 Å². The highest BCUT2D eigenvalue weighted by molar-refractivity contribution is 5.68. The van der Waals surface area contributed by atoms with Gasteiger partial charge in [0.15, 0.2) is 11.9 Å². The van der Waals surface area contributed by atoms with E-state index in [9.17, 15) is 10.0 Å². The van der Waals surface area contributed by atoms with Gasteiger partial charge < -0.3 is 14.8 Å². The van der Waals surface area contributed by atoms with Crippen molar-refractivity contribution in [3.05, 3.63) is 35.3 Å². The molecule has 1 amide bonds. The summed E-state index contributed by atoms with van der Waals surface area (Å²) in [6, 6.07) is 5.40. The molecule has 0 saturated carbocycles. The van der Waals surface area contributed by atoms with Crippen molar-refractivity contribution in [2.24, 2.45) is 0 Å². The molecule has 20 heavy (non-hydrogen) atoms. The van der Waals surface area contributed by atoms with Gasteiger partial charge in [-0.2, -0.15) is 4.73 Å². The summed E-state index contributed by atoms with van der Waals surface area (Å²) >= 11 is 0. The van der Waals surface area contributed by atoms with Crippen LogP contribution >= 0.6 is 0 Å². The number of amides is 1. The second-order valence-corrected chi connectivity index (χ2v) is 6.22. The molecule has 2 heterocycles. The quantitative estimate of drug-likeness (QED) is 0.585. The molecule has 0 aliphatic carbocycles. The van der Waals surface area contributed by atoms with Gasteiger partial charge in [-0.25, -0.2) is 4.79 Å². The van der Waals surface area contributed by atoms with Crippen LogP contribution in [0.3, 0.4) is 0 Å². The first-order valence-electron chi connectivity index (χ1n) is 7.03. The molecule has 110 valence electrons. The van der Waals surface area contributed by atoms with E-state index < -0.39 is 5.60 Å². The molecular weight excluding hydrogens is 256 g/mol. The maximum absolute atomic E-state index is 12.1. The first-order valence-corrected chi connectivity index (χ1v) is 7.03. The summed E-state index contributed by atoms with van der Waals surface area (Å²) in [5, 5.41) is 11.8. The average Bonchev–Trinajstić information content (AvgIpc) is 2.37. The Bertz CT molecular complexity index is 482. The van der Waals surface area contributed by atoms with E-state index in [2.05, 4.69) is 0 Å². The summed E-state index contributed by atoms with van der Waals surface area (Å²) < 4.78 is 6.29. The fourth-order valence-electron chi connectivity index (χ4n) is 2.47. The molecule has 0 bridgehead atoms. The molecule has 1 aromatic rings. The summed E-state index contributed by atoms with van der Waals surface area (Å²) in [4.78, 5) is 13.8. The van der Waals surface area contributed by atoms with Gasteiger partial charge in [0.2, 0.25) is 0 Å². The molecule has 1 aromatic heterocycles. The number of hydrogen-bond donors (Lipinski definition) is 0. The number of nitrogens with zero attached hydrogens (tertiary/aromatic N) is 2. The van der Waals surface area contributed by atoms with Crippen molar-refractivity contribution in [3.63, 3.8) is 0 Å². The Kier molecular flexibility index (Phi) is 4.16. The number of carbonyl (C=O) groups is 1. The van der Waals surface area contributed by atoms with Crippen molar-refractivity contribution in [2.45, 2.75) is 45.1 Å². The minimum absolute atomic E-state index is 0.0787.